The number of rotatable bonds is 0. The van der Waals surface area contributed by atoms with E-state index in [1.54, 1.807) is 0 Å². The molecule has 0 saturated heterocycles. The van der Waals surface area contributed by atoms with Gasteiger partial charge in [-0.15, -0.1) is 0 Å². The molecule has 1 aromatic carbocycles. The van der Waals surface area contributed by atoms with Crippen molar-refractivity contribution in [2.24, 2.45) is 0 Å². The molecular weight excluding hydrogens is 208 g/mol. The first-order valence-electron chi connectivity index (χ1n) is 6.35. The van der Waals surface area contributed by atoms with E-state index in [1.165, 1.54) is 47.8 Å². The van der Waals surface area contributed by atoms with Gasteiger partial charge in [-0.05, 0) is 55.0 Å². The summed E-state index contributed by atoms with van der Waals surface area (Å²) in [5.74, 6) is 1.12. The van der Waals surface area contributed by atoms with Crippen molar-refractivity contribution in [2.45, 2.75) is 25.7 Å². The lowest BCUT2D eigenvalue weighted by atomic mass is 9.95. The Morgan fingerprint density at radius 3 is 2.82 bits per heavy atom. The second-order valence-corrected chi connectivity index (χ2v) is 4.92. The summed E-state index contributed by atoms with van der Waals surface area (Å²) in [7, 11) is 0. The van der Waals surface area contributed by atoms with Crippen LogP contribution in [-0.2, 0) is 12.8 Å². The molecule has 1 aromatic rings. The van der Waals surface area contributed by atoms with E-state index in [9.17, 15) is 0 Å². The highest BCUT2D eigenvalue weighted by atomic mass is 16.3. The van der Waals surface area contributed by atoms with E-state index in [2.05, 4.69) is 30.3 Å². The average Bonchev–Trinajstić information content (AvgIpc) is 2.73. The Bertz CT molecular complexity index is 663. The first-order chi connectivity index (χ1) is 8.42. The molecule has 84 valence electrons. The molecule has 2 aliphatic carbocycles. The molecule has 0 amide bonds. The Labute approximate surface area is 100 Å². The first-order valence-corrected chi connectivity index (χ1v) is 6.35. The van der Waals surface area contributed by atoms with Crippen molar-refractivity contribution in [1.82, 2.24) is 0 Å². The van der Waals surface area contributed by atoms with Crippen molar-refractivity contribution in [3.63, 3.8) is 0 Å². The van der Waals surface area contributed by atoms with E-state index < -0.39 is 0 Å². The monoisotopic (exact) mass is 222 g/mol. The zero-order chi connectivity index (χ0) is 11.2. The quantitative estimate of drug-likeness (QED) is 0.549. The Morgan fingerprint density at radius 1 is 0.941 bits per heavy atom. The molecule has 0 fully saturated rings. The predicted octanol–water partition coefficient (Wildman–Crippen LogP) is 4.42. The van der Waals surface area contributed by atoms with Crippen molar-refractivity contribution in [2.75, 3.05) is 0 Å². The molecule has 1 heteroatoms. The number of hydrogen-bond acceptors (Lipinski definition) is 1. The highest BCUT2D eigenvalue weighted by Crippen LogP contribution is 2.38. The van der Waals surface area contributed by atoms with Gasteiger partial charge >= 0.3 is 0 Å². The smallest absolute Gasteiger partial charge is 0.138 e. The van der Waals surface area contributed by atoms with Crippen LogP contribution in [0.25, 0.3) is 22.3 Å². The van der Waals surface area contributed by atoms with Crippen LogP contribution in [0.4, 0.5) is 0 Å². The molecule has 3 aliphatic rings. The molecule has 0 bridgehead atoms. The molecule has 1 heterocycles. The van der Waals surface area contributed by atoms with Gasteiger partial charge < -0.3 is 4.42 Å². The van der Waals surface area contributed by atoms with Crippen LogP contribution in [0.3, 0.4) is 0 Å². The van der Waals surface area contributed by atoms with Crippen LogP contribution in [0.15, 0.2) is 40.8 Å². The minimum absolute atomic E-state index is 0.999. The molecular formula is C16H14O. The Balaban J connectivity index is 2.08. The maximum absolute atomic E-state index is 6.08. The van der Waals surface area contributed by atoms with Gasteiger partial charge in [-0.3, -0.25) is 0 Å². The fourth-order valence-electron chi connectivity index (χ4n) is 2.97. The molecule has 1 nitrogen and oxygen atoms in total. The number of para-hydroxylation sites is 1. The molecule has 0 unspecified atom stereocenters. The van der Waals surface area contributed by atoms with Crippen LogP contribution in [-0.4, -0.2) is 0 Å². The molecule has 0 atom stereocenters. The van der Waals surface area contributed by atoms with Crippen molar-refractivity contribution >= 4 is 11.0 Å². The average molecular weight is 222 g/mol. The van der Waals surface area contributed by atoms with Gasteiger partial charge in [0.2, 0.25) is 0 Å². The minimum atomic E-state index is 0.999. The van der Waals surface area contributed by atoms with E-state index in [0.29, 0.717) is 0 Å². The highest BCUT2D eigenvalue weighted by Gasteiger charge is 2.21. The summed E-state index contributed by atoms with van der Waals surface area (Å²) >= 11 is 0. The van der Waals surface area contributed by atoms with E-state index in [4.69, 9.17) is 4.42 Å². The third-order valence-electron chi connectivity index (χ3n) is 3.82. The Morgan fingerprint density at radius 2 is 1.82 bits per heavy atom. The molecule has 0 aromatic heterocycles. The number of benzene rings is 1. The molecule has 4 rings (SSSR count). The van der Waals surface area contributed by atoms with Crippen LogP contribution in [0, 0.1) is 0 Å². The van der Waals surface area contributed by atoms with Gasteiger partial charge in [0.25, 0.3) is 0 Å². The molecule has 0 saturated carbocycles. The van der Waals surface area contributed by atoms with Crippen LogP contribution in [0.1, 0.15) is 24.0 Å². The summed E-state index contributed by atoms with van der Waals surface area (Å²) in [5, 5.41) is 1.20. The molecule has 0 spiro atoms. The summed E-state index contributed by atoms with van der Waals surface area (Å²) < 4.78 is 6.08. The van der Waals surface area contributed by atoms with Crippen LogP contribution in [0.5, 0.6) is 0 Å². The van der Waals surface area contributed by atoms with Crippen molar-refractivity contribution in [3.05, 3.63) is 47.5 Å². The summed E-state index contributed by atoms with van der Waals surface area (Å²) in [4.78, 5) is 0. The zero-order valence-electron chi connectivity index (χ0n) is 9.70. The van der Waals surface area contributed by atoms with Gasteiger partial charge in [0, 0.05) is 10.9 Å². The predicted molar refractivity (Wildman–Crippen MR) is 69.5 cm³/mol. The van der Waals surface area contributed by atoms with Gasteiger partial charge in [-0.2, -0.15) is 0 Å². The lowest BCUT2D eigenvalue weighted by molar-refractivity contribution is 0.601. The van der Waals surface area contributed by atoms with E-state index in [-0.39, 0.29) is 0 Å². The molecule has 0 radical (unpaired) electrons. The van der Waals surface area contributed by atoms with Gasteiger partial charge in [0.15, 0.2) is 0 Å². The number of aryl methyl sites for hydroxylation is 1. The number of fused-ring (bicyclic) bond motifs is 4. The van der Waals surface area contributed by atoms with Crippen molar-refractivity contribution in [3.8, 4) is 11.3 Å². The summed E-state index contributed by atoms with van der Waals surface area (Å²) in [6, 6.07) is 12.8. The third kappa shape index (κ3) is 1.32. The van der Waals surface area contributed by atoms with Gasteiger partial charge in [0.05, 0.1) is 0 Å². The lowest BCUT2D eigenvalue weighted by Gasteiger charge is -2.11. The van der Waals surface area contributed by atoms with Crippen LogP contribution >= 0.6 is 0 Å². The molecule has 0 N–H and O–H groups in total. The topological polar surface area (TPSA) is 13.1 Å². The highest BCUT2D eigenvalue weighted by molar-refractivity contribution is 5.84. The van der Waals surface area contributed by atoms with E-state index in [0.717, 1.165) is 11.3 Å². The summed E-state index contributed by atoms with van der Waals surface area (Å²) in [6.45, 7) is 0. The van der Waals surface area contributed by atoms with Gasteiger partial charge in [-0.1, -0.05) is 18.2 Å². The second kappa shape index (κ2) is 3.36. The largest absolute Gasteiger partial charge is 0.456 e. The van der Waals surface area contributed by atoms with Crippen molar-refractivity contribution < 1.29 is 4.42 Å². The second-order valence-electron chi connectivity index (χ2n) is 4.92. The van der Waals surface area contributed by atoms with E-state index >= 15 is 0 Å². The maximum atomic E-state index is 6.08. The van der Waals surface area contributed by atoms with Crippen LogP contribution < -0.4 is 0 Å². The maximum Gasteiger partial charge on any atom is 0.138 e. The Kier molecular flexibility index (Phi) is 1.84. The minimum Gasteiger partial charge on any atom is -0.456 e. The van der Waals surface area contributed by atoms with Gasteiger partial charge in [0.1, 0.15) is 11.3 Å². The molecule has 17 heavy (non-hydrogen) atoms. The fourth-order valence-corrected chi connectivity index (χ4v) is 2.97. The van der Waals surface area contributed by atoms with E-state index in [1.807, 2.05) is 6.07 Å². The standard InChI is InChI=1S/C16H14O/c1-3-7-14-11(5-1)9-13-10-12-6-2-4-8-15(12)17-16(13)14/h2,4,6,8-10H,1,3,5,7H2. The van der Waals surface area contributed by atoms with Crippen LogP contribution in [0.2, 0.25) is 0 Å². The normalized spacial score (nSPS) is 15.3. The zero-order valence-corrected chi connectivity index (χ0v) is 9.70. The first kappa shape index (κ1) is 9.29. The van der Waals surface area contributed by atoms with Gasteiger partial charge in [-0.25, -0.2) is 0 Å². The Hall–Kier alpha value is -1.76. The summed E-state index contributed by atoms with van der Waals surface area (Å²) in [6.07, 6.45) is 5.02. The third-order valence-corrected chi connectivity index (χ3v) is 3.82. The van der Waals surface area contributed by atoms with Crippen molar-refractivity contribution in [1.29, 1.82) is 0 Å². The lowest BCUT2D eigenvalue weighted by Crippen LogP contribution is -1.98. The fraction of sp³-hybridized carbons (Fsp3) is 0.250. The SMILES string of the molecule is c1ccc2oc3c4c(cc-3cc2c1)CCCC4. The summed E-state index contributed by atoms with van der Waals surface area (Å²) in [5.41, 5.74) is 5.23. The molecule has 1 aliphatic heterocycles. The number of hydrogen-bond donors (Lipinski definition) is 0.